The highest BCUT2D eigenvalue weighted by Gasteiger charge is 2.27. The minimum atomic E-state index is -3.39. The maximum atomic E-state index is 12.6. The second kappa shape index (κ2) is 6.16. The van der Waals surface area contributed by atoms with Crippen LogP contribution in [0.15, 0.2) is 47.4 Å². The van der Waals surface area contributed by atoms with Crippen LogP contribution in [0, 0.1) is 0 Å². The lowest BCUT2D eigenvalue weighted by molar-refractivity contribution is 0.415. The number of imidazole rings is 1. The van der Waals surface area contributed by atoms with Crippen molar-refractivity contribution in [1.29, 1.82) is 0 Å². The lowest BCUT2D eigenvalue weighted by atomic mass is 10.2. The van der Waals surface area contributed by atoms with Crippen molar-refractivity contribution in [3.8, 4) is 17.1 Å². The quantitative estimate of drug-likeness (QED) is 0.779. The summed E-state index contributed by atoms with van der Waals surface area (Å²) < 4.78 is 31.9. The summed E-state index contributed by atoms with van der Waals surface area (Å²) in [6, 6.07) is 12.5. The lowest BCUT2D eigenvalue weighted by Crippen LogP contribution is -2.27. The lowest BCUT2D eigenvalue weighted by Gasteiger charge is -2.15. The van der Waals surface area contributed by atoms with Crippen LogP contribution in [0.4, 0.5) is 0 Å². The van der Waals surface area contributed by atoms with Gasteiger partial charge in [-0.2, -0.15) is 4.31 Å². The summed E-state index contributed by atoms with van der Waals surface area (Å²) in [5, 5.41) is 0. The molecule has 0 unspecified atom stereocenters. The second-order valence-electron chi connectivity index (χ2n) is 6.10. The van der Waals surface area contributed by atoms with Gasteiger partial charge in [-0.05, 0) is 49.2 Å². The Balaban J connectivity index is 1.66. The number of rotatable bonds is 4. The first-order chi connectivity index (χ1) is 12.1. The Morgan fingerprint density at radius 1 is 1.08 bits per heavy atom. The first-order valence-corrected chi connectivity index (χ1v) is 9.66. The molecule has 7 heteroatoms. The second-order valence-corrected chi connectivity index (χ2v) is 8.04. The first-order valence-electron chi connectivity index (χ1n) is 8.22. The molecule has 0 aliphatic carbocycles. The molecule has 2 heterocycles. The van der Waals surface area contributed by atoms with Gasteiger partial charge in [0.15, 0.2) is 0 Å². The molecular formula is C18H19N3O3S. The summed E-state index contributed by atoms with van der Waals surface area (Å²) in [5.41, 5.74) is 2.56. The third-order valence-electron chi connectivity index (χ3n) is 4.52. The van der Waals surface area contributed by atoms with E-state index in [0.717, 1.165) is 35.2 Å². The van der Waals surface area contributed by atoms with Crippen LogP contribution >= 0.6 is 0 Å². The Labute approximate surface area is 146 Å². The Morgan fingerprint density at radius 3 is 2.48 bits per heavy atom. The highest BCUT2D eigenvalue weighted by Crippen LogP contribution is 2.26. The van der Waals surface area contributed by atoms with E-state index in [2.05, 4.69) is 9.97 Å². The van der Waals surface area contributed by atoms with E-state index in [0.29, 0.717) is 23.8 Å². The minimum absolute atomic E-state index is 0.330. The molecule has 0 saturated carbocycles. The third kappa shape index (κ3) is 2.89. The Hall–Kier alpha value is -2.38. The smallest absolute Gasteiger partial charge is 0.243 e. The molecule has 1 aliphatic rings. The normalized spacial score (nSPS) is 15.7. The topological polar surface area (TPSA) is 75.3 Å². The molecule has 0 spiro atoms. The van der Waals surface area contributed by atoms with Crippen molar-refractivity contribution in [3.05, 3.63) is 42.5 Å². The monoisotopic (exact) mass is 357 g/mol. The summed E-state index contributed by atoms with van der Waals surface area (Å²) in [6.45, 7) is 1.21. The summed E-state index contributed by atoms with van der Waals surface area (Å²) in [5.74, 6) is 1.46. The van der Waals surface area contributed by atoms with Gasteiger partial charge in [0.1, 0.15) is 11.6 Å². The van der Waals surface area contributed by atoms with Crippen molar-refractivity contribution in [1.82, 2.24) is 14.3 Å². The molecule has 3 aromatic rings. The molecule has 1 saturated heterocycles. The predicted octanol–water partition coefficient (Wildman–Crippen LogP) is 3.02. The molecule has 130 valence electrons. The van der Waals surface area contributed by atoms with Gasteiger partial charge in [0, 0.05) is 24.7 Å². The van der Waals surface area contributed by atoms with Gasteiger partial charge in [-0.15, -0.1) is 0 Å². The maximum absolute atomic E-state index is 12.6. The number of aromatic nitrogens is 2. The molecule has 2 aromatic carbocycles. The number of hydrogen-bond acceptors (Lipinski definition) is 4. The minimum Gasteiger partial charge on any atom is -0.497 e. The van der Waals surface area contributed by atoms with Gasteiger partial charge in [-0.25, -0.2) is 13.4 Å². The van der Waals surface area contributed by atoms with Gasteiger partial charge in [0.25, 0.3) is 0 Å². The fraction of sp³-hybridized carbons (Fsp3) is 0.278. The van der Waals surface area contributed by atoms with Crippen LogP contribution in [0.1, 0.15) is 12.8 Å². The third-order valence-corrected chi connectivity index (χ3v) is 6.43. The number of methoxy groups -OCH3 is 1. The average molecular weight is 357 g/mol. The van der Waals surface area contributed by atoms with Crippen LogP contribution in [-0.2, 0) is 10.0 Å². The zero-order valence-corrected chi connectivity index (χ0v) is 14.7. The fourth-order valence-electron chi connectivity index (χ4n) is 3.11. The van der Waals surface area contributed by atoms with E-state index >= 15 is 0 Å². The summed E-state index contributed by atoms with van der Waals surface area (Å²) in [7, 11) is -1.76. The van der Waals surface area contributed by atoms with Crippen LogP contribution in [0.5, 0.6) is 5.75 Å². The van der Waals surface area contributed by atoms with Gasteiger partial charge in [0.2, 0.25) is 10.0 Å². The number of benzene rings is 2. The number of H-pyrrole nitrogens is 1. The zero-order chi connectivity index (χ0) is 17.4. The predicted molar refractivity (Wildman–Crippen MR) is 96.1 cm³/mol. The average Bonchev–Trinajstić information content (AvgIpc) is 3.31. The number of nitrogens with zero attached hydrogens (tertiary/aromatic N) is 2. The largest absolute Gasteiger partial charge is 0.497 e. The summed E-state index contributed by atoms with van der Waals surface area (Å²) in [4.78, 5) is 8.14. The number of aromatic amines is 1. The first kappa shape index (κ1) is 16.1. The van der Waals surface area contributed by atoms with E-state index in [9.17, 15) is 8.42 Å². The van der Waals surface area contributed by atoms with Crippen molar-refractivity contribution < 1.29 is 13.2 Å². The Kier molecular flexibility index (Phi) is 3.97. The Morgan fingerprint density at radius 2 is 1.80 bits per heavy atom. The maximum Gasteiger partial charge on any atom is 0.243 e. The van der Waals surface area contributed by atoms with Crippen molar-refractivity contribution in [3.63, 3.8) is 0 Å². The van der Waals surface area contributed by atoms with Crippen molar-refractivity contribution in [2.24, 2.45) is 0 Å². The highest BCUT2D eigenvalue weighted by atomic mass is 32.2. The van der Waals surface area contributed by atoms with E-state index in [-0.39, 0.29) is 0 Å². The number of sulfonamides is 1. The van der Waals surface area contributed by atoms with E-state index < -0.39 is 10.0 Å². The number of ether oxygens (including phenoxy) is 1. The van der Waals surface area contributed by atoms with Gasteiger partial charge in [0.05, 0.1) is 23.0 Å². The molecule has 1 aromatic heterocycles. The van der Waals surface area contributed by atoms with Crippen LogP contribution in [0.3, 0.4) is 0 Å². The molecule has 1 N–H and O–H groups in total. The van der Waals surface area contributed by atoms with E-state index in [1.54, 1.807) is 35.7 Å². The molecule has 0 atom stereocenters. The number of fused-ring (bicyclic) bond motifs is 1. The zero-order valence-electron chi connectivity index (χ0n) is 13.9. The van der Waals surface area contributed by atoms with Crippen LogP contribution in [-0.4, -0.2) is 42.9 Å². The molecule has 0 bridgehead atoms. The molecule has 25 heavy (non-hydrogen) atoms. The van der Waals surface area contributed by atoms with Gasteiger partial charge >= 0.3 is 0 Å². The van der Waals surface area contributed by atoms with Crippen molar-refractivity contribution >= 4 is 21.1 Å². The standard InChI is InChI=1S/C18H19N3O3S/c1-24-14-6-9-16-17(12-14)20-18(19-16)13-4-7-15(8-5-13)25(22,23)21-10-2-3-11-21/h4-9,12H,2-3,10-11H2,1H3,(H,19,20). The Bertz CT molecular complexity index is 1000. The van der Waals surface area contributed by atoms with E-state index in [1.807, 2.05) is 18.2 Å². The van der Waals surface area contributed by atoms with Crippen LogP contribution in [0.2, 0.25) is 0 Å². The molecule has 1 fully saturated rings. The molecule has 6 nitrogen and oxygen atoms in total. The molecular weight excluding hydrogens is 338 g/mol. The van der Waals surface area contributed by atoms with Gasteiger partial charge in [-0.1, -0.05) is 0 Å². The summed E-state index contributed by atoms with van der Waals surface area (Å²) in [6.07, 6.45) is 1.86. The molecule has 1 aliphatic heterocycles. The van der Waals surface area contributed by atoms with Crippen LogP contribution in [0.25, 0.3) is 22.4 Å². The molecule has 0 amide bonds. The van der Waals surface area contributed by atoms with E-state index in [4.69, 9.17) is 4.74 Å². The van der Waals surface area contributed by atoms with Gasteiger partial charge in [-0.3, -0.25) is 0 Å². The van der Waals surface area contributed by atoms with Crippen LogP contribution < -0.4 is 4.74 Å². The fourth-order valence-corrected chi connectivity index (χ4v) is 4.63. The highest BCUT2D eigenvalue weighted by molar-refractivity contribution is 7.89. The number of hydrogen-bond donors (Lipinski definition) is 1. The SMILES string of the molecule is COc1ccc2nc(-c3ccc(S(=O)(=O)N4CCCC4)cc3)[nH]c2c1. The molecule has 0 radical (unpaired) electrons. The van der Waals surface area contributed by atoms with Crippen molar-refractivity contribution in [2.75, 3.05) is 20.2 Å². The van der Waals surface area contributed by atoms with Crippen molar-refractivity contribution in [2.45, 2.75) is 17.7 Å². The number of nitrogens with one attached hydrogen (secondary N) is 1. The summed E-state index contributed by atoms with van der Waals surface area (Å²) >= 11 is 0. The van der Waals surface area contributed by atoms with Gasteiger partial charge < -0.3 is 9.72 Å². The van der Waals surface area contributed by atoms with E-state index in [1.165, 1.54) is 0 Å². The molecule has 4 rings (SSSR count).